The minimum absolute atomic E-state index is 0.0171. The summed E-state index contributed by atoms with van der Waals surface area (Å²) in [5, 5.41) is 14.3. The Labute approximate surface area is 191 Å². The van der Waals surface area contributed by atoms with Crippen LogP contribution in [0.25, 0.3) is 0 Å². The SMILES string of the molecule is CC(C)(O/N=C(\C(=O)C[C@@H]1C(=O)N(S(=O)(=O)O)[C@@H]1CN1CCC1=O)c1csc(N)n1)C(=O)O. The first-order valence-corrected chi connectivity index (χ1v) is 11.8. The number of β-lactam (4-membered cyclic amide) rings is 2. The number of aromatic nitrogens is 1. The molecule has 2 amide bonds. The van der Waals surface area contributed by atoms with E-state index in [1.54, 1.807) is 0 Å². The molecule has 2 aliphatic rings. The highest BCUT2D eigenvalue weighted by atomic mass is 32.2. The predicted molar refractivity (Wildman–Crippen MR) is 112 cm³/mol. The summed E-state index contributed by atoms with van der Waals surface area (Å²) in [7, 11) is -4.90. The van der Waals surface area contributed by atoms with Gasteiger partial charge >= 0.3 is 16.3 Å². The molecule has 4 N–H and O–H groups in total. The molecule has 0 radical (unpaired) electrons. The number of carboxylic acid groups (broad SMARTS) is 1. The quantitative estimate of drug-likeness (QED) is 0.155. The van der Waals surface area contributed by atoms with E-state index >= 15 is 0 Å². The van der Waals surface area contributed by atoms with Gasteiger partial charge in [-0.05, 0) is 13.8 Å². The van der Waals surface area contributed by atoms with Crippen LogP contribution in [0.4, 0.5) is 5.13 Å². The van der Waals surface area contributed by atoms with Gasteiger partial charge < -0.3 is 20.6 Å². The van der Waals surface area contributed by atoms with E-state index in [0.717, 1.165) is 11.3 Å². The summed E-state index contributed by atoms with van der Waals surface area (Å²) in [5.41, 5.74) is 3.38. The second-order valence-corrected chi connectivity index (χ2v) is 10.1. The number of ketones is 1. The van der Waals surface area contributed by atoms with Gasteiger partial charge in [-0.25, -0.2) is 14.1 Å². The Morgan fingerprint density at radius 1 is 1.39 bits per heavy atom. The Hall–Kier alpha value is -3.11. The fraction of sp³-hybridized carbons (Fsp3) is 0.529. The van der Waals surface area contributed by atoms with Gasteiger partial charge in [-0.2, -0.15) is 8.42 Å². The van der Waals surface area contributed by atoms with Gasteiger partial charge in [0, 0.05) is 31.3 Å². The minimum atomic E-state index is -4.90. The molecule has 2 saturated heterocycles. The number of carbonyl (C=O) groups excluding carboxylic acids is 3. The number of aliphatic carboxylic acids is 1. The number of rotatable bonds is 10. The van der Waals surface area contributed by atoms with Crippen molar-refractivity contribution >= 4 is 56.1 Å². The van der Waals surface area contributed by atoms with E-state index in [1.807, 2.05) is 0 Å². The zero-order valence-electron chi connectivity index (χ0n) is 17.5. The average molecular weight is 504 g/mol. The Bertz CT molecular complexity index is 1140. The van der Waals surface area contributed by atoms with Crippen molar-refractivity contribution in [1.82, 2.24) is 14.2 Å². The summed E-state index contributed by atoms with van der Waals surface area (Å²) < 4.78 is 32.9. The second kappa shape index (κ2) is 8.68. The number of nitrogen functional groups attached to an aromatic ring is 1. The number of hydrogen-bond donors (Lipinski definition) is 3. The topological polar surface area (TPSA) is 210 Å². The molecule has 2 atom stereocenters. The number of hydrogen-bond acceptors (Lipinski definition) is 11. The Kier molecular flexibility index (Phi) is 6.45. The van der Waals surface area contributed by atoms with Crippen molar-refractivity contribution in [2.75, 3.05) is 18.8 Å². The highest BCUT2D eigenvalue weighted by molar-refractivity contribution is 7.84. The molecule has 1 aromatic heterocycles. The van der Waals surface area contributed by atoms with Gasteiger partial charge in [0.05, 0.1) is 12.0 Å². The zero-order valence-corrected chi connectivity index (χ0v) is 19.1. The number of carbonyl (C=O) groups is 4. The van der Waals surface area contributed by atoms with E-state index in [1.165, 1.54) is 24.1 Å². The van der Waals surface area contributed by atoms with Crippen LogP contribution in [0.3, 0.4) is 0 Å². The van der Waals surface area contributed by atoms with Crippen LogP contribution in [0.5, 0.6) is 0 Å². The first kappa shape index (κ1) is 24.5. The van der Waals surface area contributed by atoms with E-state index in [0.29, 0.717) is 6.54 Å². The van der Waals surface area contributed by atoms with Gasteiger partial charge in [0.2, 0.25) is 17.4 Å². The number of nitrogens with two attached hydrogens (primary N) is 1. The second-order valence-electron chi connectivity index (χ2n) is 7.92. The summed E-state index contributed by atoms with van der Waals surface area (Å²) in [6.45, 7) is 2.58. The lowest BCUT2D eigenvalue weighted by Crippen LogP contribution is -2.68. The van der Waals surface area contributed by atoms with Gasteiger partial charge in [0.15, 0.2) is 16.6 Å². The van der Waals surface area contributed by atoms with Crippen LogP contribution in [0.15, 0.2) is 10.5 Å². The van der Waals surface area contributed by atoms with Crippen molar-refractivity contribution in [3.8, 4) is 0 Å². The lowest BCUT2D eigenvalue weighted by Gasteiger charge is -2.47. The fourth-order valence-corrected chi connectivity index (χ4v) is 4.66. The number of thiazole rings is 1. The zero-order chi connectivity index (χ0) is 24.7. The molecule has 0 spiro atoms. The highest BCUT2D eigenvalue weighted by Gasteiger charge is 2.55. The van der Waals surface area contributed by atoms with E-state index in [4.69, 9.17) is 10.6 Å². The third-order valence-corrected chi connectivity index (χ3v) is 6.84. The first-order chi connectivity index (χ1) is 15.2. The van der Waals surface area contributed by atoms with Crippen LogP contribution >= 0.6 is 11.3 Å². The molecule has 0 aliphatic carbocycles. The first-order valence-electron chi connectivity index (χ1n) is 9.55. The molecular weight excluding hydrogens is 482 g/mol. The van der Waals surface area contributed by atoms with Gasteiger partial charge in [0.25, 0.3) is 0 Å². The Balaban J connectivity index is 1.85. The summed E-state index contributed by atoms with van der Waals surface area (Å²) in [6, 6.07) is -1.15. The summed E-state index contributed by atoms with van der Waals surface area (Å²) in [5.74, 6) is -4.60. The molecule has 180 valence electrons. The predicted octanol–water partition coefficient (Wildman–Crippen LogP) is -0.869. The molecule has 16 heteroatoms. The molecular formula is C17H21N5O9S2. The summed E-state index contributed by atoms with van der Waals surface area (Å²) in [4.78, 5) is 58.6. The van der Waals surface area contributed by atoms with E-state index in [-0.39, 0.29) is 34.0 Å². The smallest absolute Gasteiger partial charge is 0.362 e. The Morgan fingerprint density at radius 3 is 2.52 bits per heavy atom. The van der Waals surface area contributed by atoms with Crippen molar-refractivity contribution in [1.29, 1.82) is 0 Å². The van der Waals surface area contributed by atoms with E-state index in [2.05, 4.69) is 10.1 Å². The monoisotopic (exact) mass is 503 g/mol. The highest BCUT2D eigenvalue weighted by Crippen LogP contribution is 2.34. The normalized spacial score (nSPS) is 21.5. The molecule has 0 aromatic carbocycles. The van der Waals surface area contributed by atoms with Crippen LogP contribution in [0, 0.1) is 5.92 Å². The molecule has 0 unspecified atom stereocenters. The maximum atomic E-state index is 13.0. The van der Waals surface area contributed by atoms with Crippen LogP contribution in [-0.4, -0.2) is 86.3 Å². The van der Waals surface area contributed by atoms with Gasteiger partial charge in [-0.3, -0.25) is 18.9 Å². The van der Waals surface area contributed by atoms with Crippen molar-refractivity contribution in [2.24, 2.45) is 11.1 Å². The maximum Gasteiger partial charge on any atom is 0.362 e. The third kappa shape index (κ3) is 4.96. The lowest BCUT2D eigenvalue weighted by atomic mass is 9.84. The Morgan fingerprint density at radius 2 is 2.06 bits per heavy atom. The van der Waals surface area contributed by atoms with Crippen LogP contribution in [-0.2, 0) is 34.3 Å². The summed E-state index contributed by atoms with van der Waals surface area (Å²) in [6.07, 6.45) is -0.278. The third-order valence-electron chi connectivity index (χ3n) is 5.22. The van der Waals surface area contributed by atoms with E-state index < -0.39 is 57.7 Å². The van der Waals surface area contributed by atoms with Gasteiger partial charge in [-0.15, -0.1) is 11.3 Å². The van der Waals surface area contributed by atoms with Crippen LogP contribution in [0.1, 0.15) is 32.4 Å². The number of nitrogens with zero attached hydrogens (tertiary/aromatic N) is 4. The number of oxime groups is 1. The largest absolute Gasteiger partial charge is 0.478 e. The van der Waals surface area contributed by atoms with Crippen molar-refractivity contribution in [3.63, 3.8) is 0 Å². The molecule has 0 bridgehead atoms. The maximum absolute atomic E-state index is 13.0. The van der Waals surface area contributed by atoms with Gasteiger partial charge in [0.1, 0.15) is 5.69 Å². The lowest BCUT2D eigenvalue weighted by molar-refractivity contribution is -0.161. The average Bonchev–Trinajstić information content (AvgIpc) is 3.12. The van der Waals surface area contributed by atoms with Crippen LogP contribution < -0.4 is 5.73 Å². The van der Waals surface area contributed by atoms with Crippen molar-refractivity contribution in [2.45, 2.75) is 38.3 Å². The number of carboxylic acids is 1. The number of Topliss-reactive ketones (excluding diaryl/α,β-unsaturated/α-hetero) is 1. The summed E-state index contributed by atoms with van der Waals surface area (Å²) >= 11 is 0.983. The van der Waals surface area contributed by atoms with Crippen molar-refractivity contribution < 1.29 is 42.1 Å². The molecule has 33 heavy (non-hydrogen) atoms. The number of amides is 2. The minimum Gasteiger partial charge on any atom is -0.478 e. The molecule has 2 fully saturated rings. The molecule has 3 rings (SSSR count). The molecule has 0 saturated carbocycles. The van der Waals surface area contributed by atoms with Crippen molar-refractivity contribution in [3.05, 3.63) is 11.1 Å². The van der Waals surface area contributed by atoms with Gasteiger partial charge in [-0.1, -0.05) is 5.16 Å². The number of likely N-dealkylation sites (tertiary alicyclic amines) is 1. The molecule has 14 nitrogen and oxygen atoms in total. The standard InChI is InChI=1S/C17H21N5O9S2/c1-17(2,15(26)27)31-20-13(9-7-32-16(18)19-9)11(23)5-8-10(6-21-4-3-12(21)24)22(14(8)25)33(28,29)30/h7-8,10H,3-6H2,1-2H3,(H2,18,19)(H,26,27)(H,28,29,30)/b20-13-/t8-,10+/m0/s1. The number of anilines is 1. The molecule has 2 aliphatic heterocycles. The molecule has 3 heterocycles. The fourth-order valence-electron chi connectivity index (χ4n) is 3.19. The molecule has 1 aromatic rings. The van der Waals surface area contributed by atoms with Crippen LogP contribution in [0.2, 0.25) is 0 Å². The van der Waals surface area contributed by atoms with E-state index in [9.17, 15) is 37.3 Å².